The Morgan fingerprint density at radius 1 is 1.15 bits per heavy atom. The highest BCUT2D eigenvalue weighted by Gasteiger charge is 2.28. The standard InChI is InChI=1S/C17H29FN2/c1-6-17(7-2,12-19-14(3)4)13-20(5)16-10-8-15(18)9-11-16/h8-11,14,19H,6-7,12-13H2,1-5H3. The van der Waals surface area contributed by atoms with Crippen molar-refractivity contribution in [3.63, 3.8) is 0 Å². The molecule has 20 heavy (non-hydrogen) atoms. The van der Waals surface area contributed by atoms with Crippen LogP contribution in [0.2, 0.25) is 0 Å². The fraction of sp³-hybridized carbons (Fsp3) is 0.647. The lowest BCUT2D eigenvalue weighted by atomic mass is 9.81. The van der Waals surface area contributed by atoms with E-state index in [0.717, 1.165) is 31.6 Å². The number of halogens is 1. The van der Waals surface area contributed by atoms with Crippen LogP contribution in [0, 0.1) is 11.2 Å². The molecule has 0 unspecified atom stereocenters. The first kappa shape index (κ1) is 17.0. The Bertz CT molecular complexity index is 382. The molecule has 0 aliphatic heterocycles. The Hall–Kier alpha value is -1.09. The molecule has 0 saturated carbocycles. The fourth-order valence-corrected chi connectivity index (χ4v) is 2.49. The first-order valence-corrected chi connectivity index (χ1v) is 7.62. The van der Waals surface area contributed by atoms with Crippen LogP contribution in [-0.2, 0) is 0 Å². The number of hydrogen-bond donors (Lipinski definition) is 1. The van der Waals surface area contributed by atoms with Crippen molar-refractivity contribution in [1.29, 1.82) is 0 Å². The molecular formula is C17H29FN2. The van der Waals surface area contributed by atoms with Crippen molar-refractivity contribution in [2.45, 2.75) is 46.6 Å². The average molecular weight is 280 g/mol. The van der Waals surface area contributed by atoms with E-state index in [9.17, 15) is 4.39 Å². The highest BCUT2D eigenvalue weighted by Crippen LogP contribution is 2.28. The molecule has 0 spiro atoms. The van der Waals surface area contributed by atoms with Gasteiger partial charge in [0.1, 0.15) is 5.82 Å². The third-order valence-corrected chi connectivity index (χ3v) is 4.23. The number of nitrogens with one attached hydrogen (secondary N) is 1. The molecule has 1 N–H and O–H groups in total. The lowest BCUT2D eigenvalue weighted by molar-refractivity contribution is 0.248. The van der Waals surface area contributed by atoms with Gasteiger partial charge in [-0.3, -0.25) is 0 Å². The second-order valence-electron chi connectivity index (χ2n) is 6.08. The summed E-state index contributed by atoms with van der Waals surface area (Å²) in [4.78, 5) is 2.23. The Morgan fingerprint density at radius 2 is 1.70 bits per heavy atom. The molecule has 0 aliphatic carbocycles. The summed E-state index contributed by atoms with van der Waals surface area (Å²) in [6.45, 7) is 10.9. The van der Waals surface area contributed by atoms with E-state index in [1.54, 1.807) is 0 Å². The van der Waals surface area contributed by atoms with Gasteiger partial charge in [-0.25, -0.2) is 4.39 Å². The highest BCUT2D eigenvalue weighted by atomic mass is 19.1. The van der Waals surface area contributed by atoms with Crippen LogP contribution in [0.25, 0.3) is 0 Å². The van der Waals surface area contributed by atoms with Crippen molar-refractivity contribution in [3.05, 3.63) is 30.1 Å². The summed E-state index contributed by atoms with van der Waals surface area (Å²) in [5, 5.41) is 3.57. The van der Waals surface area contributed by atoms with Crippen molar-refractivity contribution in [2.75, 3.05) is 25.0 Å². The van der Waals surface area contributed by atoms with Crippen LogP contribution in [0.1, 0.15) is 40.5 Å². The molecule has 1 aromatic rings. The van der Waals surface area contributed by atoms with E-state index in [0.29, 0.717) is 6.04 Å². The number of benzene rings is 1. The second-order valence-corrected chi connectivity index (χ2v) is 6.08. The molecule has 0 saturated heterocycles. The maximum atomic E-state index is 13.0. The van der Waals surface area contributed by atoms with E-state index < -0.39 is 0 Å². The minimum Gasteiger partial charge on any atom is -0.374 e. The molecule has 0 aliphatic rings. The minimum absolute atomic E-state index is 0.180. The average Bonchev–Trinajstić information content (AvgIpc) is 2.44. The van der Waals surface area contributed by atoms with E-state index in [-0.39, 0.29) is 11.2 Å². The van der Waals surface area contributed by atoms with Crippen LogP contribution < -0.4 is 10.2 Å². The van der Waals surface area contributed by atoms with Gasteiger partial charge in [-0.1, -0.05) is 27.7 Å². The van der Waals surface area contributed by atoms with Crippen molar-refractivity contribution >= 4 is 5.69 Å². The van der Waals surface area contributed by atoms with Gasteiger partial charge in [-0.05, 0) is 42.5 Å². The maximum Gasteiger partial charge on any atom is 0.123 e. The van der Waals surface area contributed by atoms with Gasteiger partial charge in [0.25, 0.3) is 0 Å². The van der Waals surface area contributed by atoms with E-state index in [1.807, 2.05) is 12.1 Å². The molecule has 0 heterocycles. The van der Waals surface area contributed by atoms with Gasteiger partial charge in [0.15, 0.2) is 0 Å². The summed E-state index contributed by atoms with van der Waals surface area (Å²) in [5.74, 6) is -0.180. The Kier molecular flexibility index (Phi) is 6.47. The zero-order valence-electron chi connectivity index (χ0n) is 13.5. The molecule has 1 rings (SSSR count). The zero-order valence-corrected chi connectivity index (χ0v) is 13.5. The molecule has 0 aromatic heterocycles. The minimum atomic E-state index is -0.180. The maximum absolute atomic E-state index is 13.0. The number of hydrogen-bond acceptors (Lipinski definition) is 2. The van der Waals surface area contributed by atoms with Gasteiger partial charge < -0.3 is 10.2 Å². The molecule has 3 heteroatoms. The van der Waals surface area contributed by atoms with Gasteiger partial charge in [0, 0.05) is 31.9 Å². The fourth-order valence-electron chi connectivity index (χ4n) is 2.49. The molecule has 0 fully saturated rings. The van der Waals surface area contributed by atoms with Crippen molar-refractivity contribution in [1.82, 2.24) is 5.32 Å². The number of nitrogens with zero attached hydrogens (tertiary/aromatic N) is 1. The van der Waals surface area contributed by atoms with Crippen LogP contribution >= 0.6 is 0 Å². The largest absolute Gasteiger partial charge is 0.374 e. The van der Waals surface area contributed by atoms with Gasteiger partial charge in [0.2, 0.25) is 0 Å². The summed E-state index contributed by atoms with van der Waals surface area (Å²) in [6.07, 6.45) is 2.27. The number of anilines is 1. The summed E-state index contributed by atoms with van der Waals surface area (Å²) < 4.78 is 13.0. The third kappa shape index (κ3) is 4.78. The molecule has 0 amide bonds. The van der Waals surface area contributed by atoms with Gasteiger partial charge in [0.05, 0.1) is 0 Å². The predicted octanol–water partition coefficient (Wildman–Crippen LogP) is 4.07. The highest BCUT2D eigenvalue weighted by molar-refractivity contribution is 5.45. The Balaban J connectivity index is 2.75. The Labute approximate surface area is 123 Å². The molecule has 0 atom stereocenters. The molecule has 0 bridgehead atoms. The van der Waals surface area contributed by atoms with Crippen LogP contribution in [0.15, 0.2) is 24.3 Å². The Morgan fingerprint density at radius 3 is 2.15 bits per heavy atom. The summed E-state index contributed by atoms with van der Waals surface area (Å²) in [6, 6.07) is 7.25. The van der Waals surface area contributed by atoms with E-state index in [1.165, 1.54) is 12.1 Å². The second kappa shape index (κ2) is 7.63. The molecule has 1 aromatic carbocycles. The van der Waals surface area contributed by atoms with Gasteiger partial charge in [-0.2, -0.15) is 0 Å². The van der Waals surface area contributed by atoms with Crippen LogP contribution in [0.3, 0.4) is 0 Å². The van der Waals surface area contributed by atoms with Crippen molar-refractivity contribution in [3.8, 4) is 0 Å². The summed E-state index contributed by atoms with van der Waals surface area (Å²) in [5.41, 5.74) is 1.33. The molecule has 114 valence electrons. The van der Waals surface area contributed by atoms with Gasteiger partial charge in [-0.15, -0.1) is 0 Å². The van der Waals surface area contributed by atoms with Crippen LogP contribution in [0.5, 0.6) is 0 Å². The van der Waals surface area contributed by atoms with Crippen molar-refractivity contribution < 1.29 is 4.39 Å². The first-order chi connectivity index (χ1) is 9.42. The molecule has 2 nitrogen and oxygen atoms in total. The summed E-state index contributed by atoms with van der Waals surface area (Å²) >= 11 is 0. The third-order valence-electron chi connectivity index (χ3n) is 4.23. The van der Waals surface area contributed by atoms with E-state index in [4.69, 9.17) is 0 Å². The summed E-state index contributed by atoms with van der Waals surface area (Å²) in [7, 11) is 2.09. The van der Waals surface area contributed by atoms with Crippen LogP contribution in [0.4, 0.5) is 10.1 Å². The lowest BCUT2D eigenvalue weighted by Gasteiger charge is -2.37. The molecular weight excluding hydrogens is 251 g/mol. The zero-order chi connectivity index (χ0) is 15.2. The van der Waals surface area contributed by atoms with E-state index >= 15 is 0 Å². The lowest BCUT2D eigenvalue weighted by Crippen LogP contribution is -2.44. The van der Waals surface area contributed by atoms with Gasteiger partial charge >= 0.3 is 0 Å². The monoisotopic (exact) mass is 280 g/mol. The van der Waals surface area contributed by atoms with Crippen LogP contribution in [-0.4, -0.2) is 26.2 Å². The number of rotatable bonds is 8. The smallest absolute Gasteiger partial charge is 0.123 e. The van der Waals surface area contributed by atoms with Crippen molar-refractivity contribution in [2.24, 2.45) is 5.41 Å². The van der Waals surface area contributed by atoms with E-state index in [2.05, 4.69) is 45.0 Å². The quantitative estimate of drug-likeness (QED) is 0.772. The SMILES string of the molecule is CCC(CC)(CNC(C)C)CN(C)c1ccc(F)cc1. The normalized spacial score (nSPS) is 11.9. The first-order valence-electron chi connectivity index (χ1n) is 7.62. The predicted molar refractivity (Wildman–Crippen MR) is 85.8 cm³/mol. The topological polar surface area (TPSA) is 15.3 Å². The molecule has 0 radical (unpaired) electrons.